The number of carbonyl (C=O) groups is 1. The van der Waals surface area contributed by atoms with Crippen molar-refractivity contribution in [2.45, 2.75) is 37.7 Å². The van der Waals surface area contributed by atoms with Gasteiger partial charge in [-0.05, 0) is 22.1 Å². The highest BCUT2D eigenvalue weighted by molar-refractivity contribution is 8.00. The lowest BCUT2D eigenvalue weighted by atomic mass is 9.86. The van der Waals surface area contributed by atoms with Gasteiger partial charge in [0.25, 0.3) is 0 Å². The maximum atomic E-state index is 12.3. The molecule has 0 saturated carbocycles. The number of hydrogen-bond donors (Lipinski definition) is 1. The van der Waals surface area contributed by atoms with Gasteiger partial charge in [-0.2, -0.15) is 0 Å². The van der Waals surface area contributed by atoms with Crippen LogP contribution in [-0.4, -0.2) is 28.2 Å². The van der Waals surface area contributed by atoms with Crippen molar-refractivity contribution in [3.05, 3.63) is 71.3 Å². The van der Waals surface area contributed by atoms with E-state index in [-0.39, 0.29) is 16.7 Å². The second-order valence-electron chi connectivity index (χ2n) is 7.51. The third-order valence-corrected chi connectivity index (χ3v) is 5.84. The Kier molecular flexibility index (Phi) is 5.21. The van der Waals surface area contributed by atoms with Crippen LogP contribution in [0.3, 0.4) is 0 Å². The summed E-state index contributed by atoms with van der Waals surface area (Å²) in [6.45, 7) is 6.90. The molecule has 2 atom stereocenters. The number of amides is 1. The first-order valence-electron chi connectivity index (χ1n) is 8.61. The molecule has 2 aromatic rings. The zero-order valence-corrected chi connectivity index (χ0v) is 15.8. The Morgan fingerprint density at radius 3 is 2.36 bits per heavy atom. The molecule has 3 rings (SSSR count). The van der Waals surface area contributed by atoms with Crippen molar-refractivity contribution >= 4 is 17.7 Å². The second kappa shape index (κ2) is 7.22. The lowest BCUT2D eigenvalue weighted by Gasteiger charge is -2.27. The number of hydrogen-bond acceptors (Lipinski definition) is 3. The average Bonchev–Trinajstić information content (AvgIpc) is 2.96. The van der Waals surface area contributed by atoms with Crippen molar-refractivity contribution < 1.29 is 9.90 Å². The van der Waals surface area contributed by atoms with Gasteiger partial charge >= 0.3 is 0 Å². The first kappa shape index (κ1) is 18.0. The van der Waals surface area contributed by atoms with Crippen molar-refractivity contribution in [1.82, 2.24) is 4.90 Å². The highest BCUT2D eigenvalue weighted by Gasteiger charge is 2.34. The van der Waals surface area contributed by atoms with E-state index in [1.807, 2.05) is 30.3 Å². The molecule has 1 aliphatic heterocycles. The fourth-order valence-electron chi connectivity index (χ4n) is 3.04. The summed E-state index contributed by atoms with van der Waals surface area (Å²) in [7, 11) is 0. The maximum Gasteiger partial charge on any atom is 0.233 e. The third kappa shape index (κ3) is 4.07. The van der Waals surface area contributed by atoms with Gasteiger partial charge < -0.3 is 10.0 Å². The Morgan fingerprint density at radius 1 is 1.12 bits per heavy atom. The van der Waals surface area contributed by atoms with Gasteiger partial charge in [0.2, 0.25) is 5.91 Å². The van der Waals surface area contributed by atoms with Crippen molar-refractivity contribution in [2.75, 3.05) is 12.3 Å². The summed E-state index contributed by atoms with van der Waals surface area (Å²) in [5.74, 6) is 0.553. The number of β-amino-alcohol motifs (C(OH)–C–C–N with tert-alkyl or cyclic N) is 1. The number of aliphatic hydroxyl groups is 1. The normalized spacial score (nSPS) is 19.3. The highest BCUT2D eigenvalue weighted by Crippen LogP contribution is 2.40. The van der Waals surface area contributed by atoms with E-state index in [4.69, 9.17) is 0 Å². The molecule has 1 saturated heterocycles. The summed E-state index contributed by atoms with van der Waals surface area (Å²) in [5, 5.41) is 10.5. The summed E-state index contributed by atoms with van der Waals surface area (Å²) in [5.41, 5.74) is 3.35. The molecule has 25 heavy (non-hydrogen) atoms. The van der Waals surface area contributed by atoms with E-state index < -0.39 is 6.10 Å². The molecule has 1 fully saturated rings. The second-order valence-corrected chi connectivity index (χ2v) is 8.58. The lowest BCUT2D eigenvalue weighted by molar-refractivity contribution is -0.129. The number of nitrogens with zero attached hydrogens (tertiary/aromatic N) is 1. The molecule has 1 heterocycles. The molecule has 3 nitrogen and oxygen atoms in total. The topological polar surface area (TPSA) is 40.5 Å². The van der Waals surface area contributed by atoms with Crippen LogP contribution in [0, 0.1) is 0 Å². The fourth-order valence-corrected chi connectivity index (χ4v) is 4.24. The molecule has 1 N–H and O–H groups in total. The van der Waals surface area contributed by atoms with Gasteiger partial charge in [0.15, 0.2) is 0 Å². The maximum absolute atomic E-state index is 12.3. The molecule has 0 unspecified atom stereocenters. The van der Waals surface area contributed by atoms with Gasteiger partial charge in [0.05, 0.1) is 18.4 Å². The van der Waals surface area contributed by atoms with Crippen LogP contribution < -0.4 is 0 Å². The Bertz CT molecular complexity index is 722. The number of carbonyl (C=O) groups excluding carboxylic acids is 1. The van der Waals surface area contributed by atoms with Crippen LogP contribution in [0.15, 0.2) is 54.6 Å². The monoisotopic (exact) mass is 355 g/mol. The summed E-state index contributed by atoms with van der Waals surface area (Å²) < 4.78 is 0. The van der Waals surface area contributed by atoms with Crippen molar-refractivity contribution in [3.8, 4) is 0 Å². The van der Waals surface area contributed by atoms with Crippen LogP contribution in [0.25, 0.3) is 0 Å². The van der Waals surface area contributed by atoms with E-state index in [9.17, 15) is 9.90 Å². The first-order chi connectivity index (χ1) is 11.9. The van der Waals surface area contributed by atoms with Gasteiger partial charge in [-0.25, -0.2) is 0 Å². The molecular formula is C21H25NO2S. The van der Waals surface area contributed by atoms with E-state index in [2.05, 4.69) is 45.0 Å². The van der Waals surface area contributed by atoms with Crippen molar-refractivity contribution in [1.29, 1.82) is 0 Å². The van der Waals surface area contributed by atoms with Gasteiger partial charge in [0, 0.05) is 0 Å². The number of rotatable bonds is 4. The predicted octanol–water partition coefficient (Wildman–Crippen LogP) is 4.29. The lowest BCUT2D eigenvalue weighted by Crippen LogP contribution is -2.32. The number of benzene rings is 2. The fraction of sp³-hybridized carbons (Fsp3) is 0.381. The molecule has 1 amide bonds. The van der Waals surface area contributed by atoms with Gasteiger partial charge in [0.1, 0.15) is 5.37 Å². The van der Waals surface area contributed by atoms with Crippen LogP contribution in [0.2, 0.25) is 0 Å². The number of aliphatic hydroxyl groups excluding tert-OH is 1. The van der Waals surface area contributed by atoms with E-state index in [1.54, 1.807) is 16.7 Å². The van der Waals surface area contributed by atoms with Crippen LogP contribution >= 0.6 is 11.8 Å². The van der Waals surface area contributed by atoms with E-state index in [0.717, 1.165) is 11.1 Å². The molecular weight excluding hydrogens is 330 g/mol. The number of thioether (sulfide) groups is 1. The minimum Gasteiger partial charge on any atom is -0.387 e. The summed E-state index contributed by atoms with van der Waals surface area (Å²) in [4.78, 5) is 14.1. The van der Waals surface area contributed by atoms with Gasteiger partial charge in [-0.15, -0.1) is 11.8 Å². The quantitative estimate of drug-likeness (QED) is 0.889. The third-order valence-electron chi connectivity index (χ3n) is 4.58. The van der Waals surface area contributed by atoms with Crippen LogP contribution in [0.1, 0.15) is 48.9 Å². The molecule has 1 aliphatic rings. The Hall–Kier alpha value is -1.78. The van der Waals surface area contributed by atoms with E-state index in [0.29, 0.717) is 12.3 Å². The molecule has 0 aliphatic carbocycles. The predicted molar refractivity (Wildman–Crippen MR) is 103 cm³/mol. The molecule has 0 bridgehead atoms. The van der Waals surface area contributed by atoms with Crippen molar-refractivity contribution in [2.24, 2.45) is 0 Å². The molecule has 2 aromatic carbocycles. The van der Waals surface area contributed by atoms with Crippen LogP contribution in [0.5, 0.6) is 0 Å². The molecule has 132 valence electrons. The van der Waals surface area contributed by atoms with E-state index in [1.165, 1.54) is 5.56 Å². The average molecular weight is 356 g/mol. The first-order valence-corrected chi connectivity index (χ1v) is 9.65. The summed E-state index contributed by atoms with van der Waals surface area (Å²) >= 11 is 1.63. The minimum absolute atomic E-state index is 0.0279. The highest BCUT2D eigenvalue weighted by atomic mass is 32.2. The zero-order valence-electron chi connectivity index (χ0n) is 15.0. The van der Waals surface area contributed by atoms with E-state index >= 15 is 0 Å². The van der Waals surface area contributed by atoms with Crippen molar-refractivity contribution in [3.63, 3.8) is 0 Å². The largest absolute Gasteiger partial charge is 0.387 e. The minimum atomic E-state index is -0.666. The smallest absolute Gasteiger partial charge is 0.233 e. The van der Waals surface area contributed by atoms with Crippen LogP contribution in [0.4, 0.5) is 0 Å². The molecule has 4 heteroatoms. The van der Waals surface area contributed by atoms with Crippen LogP contribution in [-0.2, 0) is 10.2 Å². The Balaban J connectivity index is 1.78. The molecule has 0 aromatic heterocycles. The Labute approximate surface area is 154 Å². The molecule has 0 radical (unpaired) electrons. The summed E-state index contributed by atoms with van der Waals surface area (Å²) in [6.07, 6.45) is -0.666. The zero-order chi connectivity index (χ0) is 18.0. The summed E-state index contributed by atoms with van der Waals surface area (Å²) in [6, 6.07) is 18.0. The SMILES string of the molecule is CC(C)(C)c1ccc([C@H]2SCC(=O)N2C[C@@H](O)c2ccccc2)cc1. The Morgan fingerprint density at radius 2 is 1.76 bits per heavy atom. The molecule has 0 spiro atoms. The van der Waals surface area contributed by atoms with Gasteiger partial charge in [-0.3, -0.25) is 4.79 Å². The van der Waals surface area contributed by atoms with Gasteiger partial charge in [-0.1, -0.05) is 75.4 Å². The standard InChI is InChI=1S/C21H25NO2S/c1-21(2,3)17-11-9-16(10-12-17)20-22(19(24)14-25-20)13-18(23)15-7-5-4-6-8-15/h4-12,18,20,23H,13-14H2,1-3H3/t18-,20-/m1/s1.